The second-order valence-corrected chi connectivity index (χ2v) is 10.6. The molecule has 0 aromatic carbocycles. The normalized spacial score (nSPS) is 26.6. The Labute approximate surface area is 264 Å². The van der Waals surface area contributed by atoms with Gasteiger partial charge in [0.15, 0.2) is 5.96 Å². The molecular weight excluding hydrogens is 608 g/mol. The number of aliphatic imine (C=N–C) groups is 1. The number of amides is 8. The van der Waals surface area contributed by atoms with Crippen molar-refractivity contribution in [3.8, 4) is 0 Å². The number of nitrogens with zero attached hydrogens (tertiary/aromatic N) is 1. The van der Waals surface area contributed by atoms with Crippen molar-refractivity contribution < 1.29 is 33.6 Å². The first-order valence-corrected chi connectivity index (χ1v) is 14.5. The van der Waals surface area contributed by atoms with E-state index < -0.39 is 90.0 Å². The van der Waals surface area contributed by atoms with Crippen LogP contribution in [0.25, 0.3) is 0 Å². The standard InChI is InChI=1S/C25H44N14O7/c1-11-19(41)36-15(9-32-17(40)7-12(27)3-2-5-26)21(43)37-16(10-34-25(30)46)22(44)39-18(14-4-6-31-24(29)38-14)23(45)33-8-13(28)20(42)35-11/h10-15,18H,2-9,26-28H2,1H3,(H,32,40)(H,33,45)(H,35,42)(H,36,41)(H,37,43)(H,39,44)(H3,29,31,38)(H3,30,34,46)/b16-10-/t11-,12?,13-,14-,15-,18-/m0/s1. The highest BCUT2D eigenvalue weighted by Gasteiger charge is 2.34. The van der Waals surface area contributed by atoms with E-state index in [0.29, 0.717) is 25.9 Å². The van der Waals surface area contributed by atoms with Crippen LogP contribution in [-0.2, 0) is 28.8 Å². The van der Waals surface area contributed by atoms with Gasteiger partial charge < -0.3 is 71.2 Å². The van der Waals surface area contributed by atoms with Gasteiger partial charge in [-0.3, -0.25) is 28.8 Å². The first-order chi connectivity index (χ1) is 21.7. The number of hydrogen-bond donors (Lipinski definition) is 13. The fourth-order valence-electron chi connectivity index (χ4n) is 4.27. The van der Waals surface area contributed by atoms with Crippen molar-refractivity contribution in [3.63, 3.8) is 0 Å². The highest BCUT2D eigenvalue weighted by atomic mass is 16.2. The van der Waals surface area contributed by atoms with E-state index in [-0.39, 0.29) is 25.3 Å². The molecule has 2 rings (SSSR count). The van der Waals surface area contributed by atoms with E-state index in [1.807, 2.05) is 0 Å². The molecule has 2 heterocycles. The summed E-state index contributed by atoms with van der Waals surface area (Å²) in [5.41, 5.74) is 27.7. The zero-order chi connectivity index (χ0) is 34.4. The summed E-state index contributed by atoms with van der Waals surface area (Å²) in [6.07, 6.45) is 2.00. The molecule has 0 radical (unpaired) electrons. The third kappa shape index (κ3) is 12.2. The van der Waals surface area contributed by atoms with E-state index in [0.717, 1.165) is 6.20 Å². The summed E-state index contributed by atoms with van der Waals surface area (Å²) in [5, 5.41) is 19.3. The quantitative estimate of drug-likeness (QED) is 0.103. The van der Waals surface area contributed by atoms with Crippen LogP contribution in [0.4, 0.5) is 4.79 Å². The summed E-state index contributed by atoms with van der Waals surface area (Å²) in [6.45, 7) is 1.17. The first kappa shape index (κ1) is 37.2. The Morgan fingerprint density at radius 2 is 1.76 bits per heavy atom. The number of primary amides is 1. The third-order valence-corrected chi connectivity index (χ3v) is 6.81. The molecule has 256 valence electrons. The van der Waals surface area contributed by atoms with Gasteiger partial charge in [-0.15, -0.1) is 0 Å². The summed E-state index contributed by atoms with van der Waals surface area (Å²) in [7, 11) is 0. The van der Waals surface area contributed by atoms with Crippen molar-refractivity contribution in [2.24, 2.45) is 33.7 Å². The molecule has 21 heteroatoms. The van der Waals surface area contributed by atoms with Crippen molar-refractivity contribution >= 4 is 47.4 Å². The van der Waals surface area contributed by atoms with E-state index in [2.05, 4.69) is 47.5 Å². The van der Waals surface area contributed by atoms with E-state index in [1.165, 1.54) is 6.92 Å². The summed E-state index contributed by atoms with van der Waals surface area (Å²) >= 11 is 0. The Balaban J connectivity index is 2.43. The Morgan fingerprint density at radius 3 is 2.41 bits per heavy atom. The largest absolute Gasteiger partial charge is 0.370 e. The first-order valence-electron chi connectivity index (χ1n) is 14.5. The predicted molar refractivity (Wildman–Crippen MR) is 163 cm³/mol. The minimum atomic E-state index is -1.52. The molecule has 21 nitrogen and oxygen atoms in total. The van der Waals surface area contributed by atoms with Crippen LogP contribution >= 0.6 is 0 Å². The van der Waals surface area contributed by atoms with Crippen LogP contribution in [-0.4, -0.2) is 110 Å². The molecule has 2 aliphatic heterocycles. The molecule has 0 aromatic rings. The lowest BCUT2D eigenvalue weighted by Gasteiger charge is -2.29. The van der Waals surface area contributed by atoms with Gasteiger partial charge in [0, 0.05) is 38.3 Å². The molecule has 0 bridgehead atoms. The van der Waals surface area contributed by atoms with E-state index in [9.17, 15) is 33.6 Å². The van der Waals surface area contributed by atoms with Crippen molar-refractivity contribution in [1.29, 1.82) is 0 Å². The minimum Gasteiger partial charge on any atom is -0.370 e. The van der Waals surface area contributed by atoms with Crippen molar-refractivity contribution in [1.82, 2.24) is 42.5 Å². The molecule has 0 aliphatic carbocycles. The molecule has 0 saturated carbocycles. The molecule has 1 unspecified atom stereocenters. The van der Waals surface area contributed by atoms with Crippen LogP contribution in [0.15, 0.2) is 16.9 Å². The monoisotopic (exact) mass is 652 g/mol. The molecule has 6 atom stereocenters. The van der Waals surface area contributed by atoms with Gasteiger partial charge in [0.2, 0.25) is 29.5 Å². The van der Waals surface area contributed by atoms with E-state index in [4.69, 9.17) is 28.7 Å². The smallest absolute Gasteiger partial charge is 0.316 e. The van der Waals surface area contributed by atoms with Gasteiger partial charge in [0.05, 0.1) is 6.04 Å². The van der Waals surface area contributed by atoms with E-state index in [1.54, 1.807) is 0 Å². The fraction of sp³-hybridized carbons (Fsp3) is 0.600. The second-order valence-electron chi connectivity index (χ2n) is 10.6. The maximum atomic E-state index is 13.4. The maximum Gasteiger partial charge on any atom is 0.316 e. The average molecular weight is 653 g/mol. The van der Waals surface area contributed by atoms with E-state index >= 15 is 0 Å². The van der Waals surface area contributed by atoms with Gasteiger partial charge in [-0.25, -0.2) is 9.79 Å². The Bertz CT molecular complexity index is 1230. The fourth-order valence-corrected chi connectivity index (χ4v) is 4.27. The lowest BCUT2D eigenvalue weighted by molar-refractivity contribution is -0.133. The molecule has 46 heavy (non-hydrogen) atoms. The lowest BCUT2D eigenvalue weighted by atomic mass is 10.0. The van der Waals surface area contributed by atoms with Crippen LogP contribution in [0.2, 0.25) is 0 Å². The molecule has 8 amide bonds. The number of hydrogen-bond acceptors (Lipinski definition) is 13. The number of carbonyl (C=O) groups is 7. The molecule has 1 fully saturated rings. The van der Waals surface area contributed by atoms with Crippen molar-refractivity contribution in [2.45, 2.75) is 68.9 Å². The highest BCUT2D eigenvalue weighted by molar-refractivity contribution is 6.02. The summed E-state index contributed by atoms with van der Waals surface area (Å²) in [6, 6.07) is -7.93. The van der Waals surface area contributed by atoms with Crippen molar-refractivity contribution in [3.05, 3.63) is 11.9 Å². The van der Waals surface area contributed by atoms with Gasteiger partial charge in [-0.1, -0.05) is 0 Å². The molecular formula is C25H44N14O7. The van der Waals surface area contributed by atoms with Gasteiger partial charge in [-0.05, 0) is 32.7 Å². The summed E-state index contributed by atoms with van der Waals surface area (Å²) < 4.78 is 0. The minimum absolute atomic E-state index is 0.0101. The van der Waals surface area contributed by atoms with Crippen LogP contribution < -0.4 is 71.2 Å². The topological polar surface area (TPSA) is 358 Å². The number of guanidine groups is 1. The summed E-state index contributed by atoms with van der Waals surface area (Å²) in [5.74, 6) is -5.07. The molecule has 0 aromatic heterocycles. The molecule has 18 N–H and O–H groups in total. The zero-order valence-corrected chi connectivity index (χ0v) is 25.4. The van der Waals surface area contributed by atoms with Crippen LogP contribution in [0, 0.1) is 0 Å². The molecule has 0 spiro atoms. The number of urea groups is 1. The second kappa shape index (κ2) is 18.1. The number of carbonyl (C=O) groups excluding carboxylic acids is 7. The Morgan fingerprint density at radius 1 is 1.04 bits per heavy atom. The number of rotatable bonds is 9. The van der Waals surface area contributed by atoms with Gasteiger partial charge in [0.1, 0.15) is 29.9 Å². The maximum absolute atomic E-state index is 13.4. The average Bonchev–Trinajstić information content (AvgIpc) is 3.00. The van der Waals surface area contributed by atoms with Crippen molar-refractivity contribution in [2.75, 3.05) is 26.2 Å². The van der Waals surface area contributed by atoms with Gasteiger partial charge in [0.25, 0.3) is 5.91 Å². The SMILES string of the molecule is C[C@@H]1NC(=O)[C@@H](N)CNC(=O)[C@H]([C@@H]2CCNC(N)=N2)NC(=O)/C(=C/NC(N)=O)NC(=O)[C@H](CNC(=O)CC(N)CCCN)NC1=O. The van der Waals surface area contributed by atoms with Crippen LogP contribution in [0.5, 0.6) is 0 Å². The number of nitrogens with two attached hydrogens (primary N) is 5. The van der Waals surface area contributed by atoms with Gasteiger partial charge in [-0.2, -0.15) is 0 Å². The Hall–Kier alpha value is -5.02. The third-order valence-electron chi connectivity index (χ3n) is 6.81. The summed E-state index contributed by atoms with van der Waals surface area (Å²) in [4.78, 5) is 93.9. The zero-order valence-electron chi connectivity index (χ0n) is 25.4. The van der Waals surface area contributed by atoms with Crippen LogP contribution in [0.3, 0.4) is 0 Å². The molecule has 2 aliphatic rings. The highest BCUT2D eigenvalue weighted by Crippen LogP contribution is 2.09. The number of nitrogens with one attached hydrogen (secondary N) is 8. The predicted octanol–water partition coefficient (Wildman–Crippen LogP) is -7.21. The lowest BCUT2D eigenvalue weighted by Crippen LogP contribution is -2.61. The van der Waals surface area contributed by atoms with Gasteiger partial charge >= 0.3 is 6.03 Å². The van der Waals surface area contributed by atoms with Crippen LogP contribution in [0.1, 0.15) is 32.6 Å². The molecule has 1 saturated heterocycles. The Kier molecular flexibility index (Phi) is 14.6.